The van der Waals surface area contributed by atoms with Crippen LogP contribution in [0.25, 0.3) is 22.1 Å². The Hall–Kier alpha value is -2.86. The number of hydrogen-bond donors (Lipinski definition) is 0. The van der Waals surface area contributed by atoms with Crippen molar-refractivity contribution in [3.05, 3.63) is 59.1 Å². The normalized spacial score (nSPS) is 15.5. The van der Waals surface area contributed by atoms with E-state index in [0.29, 0.717) is 29.4 Å². The molecule has 2 aromatic carbocycles. The topological polar surface area (TPSA) is 72.4 Å². The SMILES string of the molecule is O=C(Cc1noc2ccccc12)N1CCC(c2nc3cc(Cl)ccc3o2)CC1. The fraction of sp³-hybridized carbons (Fsp3) is 0.286. The van der Waals surface area contributed by atoms with E-state index in [1.807, 2.05) is 41.3 Å². The summed E-state index contributed by atoms with van der Waals surface area (Å²) < 4.78 is 11.2. The number of piperidine rings is 1. The minimum absolute atomic E-state index is 0.0712. The molecule has 0 aliphatic carbocycles. The van der Waals surface area contributed by atoms with Gasteiger partial charge in [0.1, 0.15) is 11.2 Å². The highest BCUT2D eigenvalue weighted by molar-refractivity contribution is 6.31. The van der Waals surface area contributed by atoms with Gasteiger partial charge in [-0.25, -0.2) is 4.98 Å². The van der Waals surface area contributed by atoms with Crippen molar-refractivity contribution in [3.8, 4) is 0 Å². The quantitative estimate of drug-likeness (QED) is 0.508. The number of aromatic nitrogens is 2. The summed E-state index contributed by atoms with van der Waals surface area (Å²) in [5.74, 6) is 1.01. The van der Waals surface area contributed by atoms with Gasteiger partial charge in [0.25, 0.3) is 0 Å². The molecule has 0 unspecified atom stereocenters. The van der Waals surface area contributed by atoms with Crippen molar-refractivity contribution in [1.82, 2.24) is 15.0 Å². The zero-order valence-electron chi connectivity index (χ0n) is 15.1. The van der Waals surface area contributed by atoms with Crippen LogP contribution >= 0.6 is 11.6 Å². The van der Waals surface area contributed by atoms with Gasteiger partial charge in [-0.2, -0.15) is 0 Å². The van der Waals surface area contributed by atoms with Crippen molar-refractivity contribution in [2.75, 3.05) is 13.1 Å². The third kappa shape index (κ3) is 3.14. The highest BCUT2D eigenvalue weighted by Gasteiger charge is 2.27. The monoisotopic (exact) mass is 395 g/mol. The van der Waals surface area contributed by atoms with Gasteiger partial charge in [-0.1, -0.05) is 28.9 Å². The number of amides is 1. The first-order valence-corrected chi connectivity index (χ1v) is 9.72. The maximum absolute atomic E-state index is 12.7. The Morgan fingerprint density at radius 1 is 1.14 bits per heavy atom. The fourth-order valence-electron chi connectivity index (χ4n) is 3.79. The second kappa shape index (κ2) is 6.95. The largest absolute Gasteiger partial charge is 0.440 e. The molecule has 1 aliphatic rings. The Morgan fingerprint density at radius 2 is 1.96 bits per heavy atom. The van der Waals surface area contributed by atoms with Crippen molar-refractivity contribution in [1.29, 1.82) is 0 Å². The van der Waals surface area contributed by atoms with Gasteiger partial charge in [0.15, 0.2) is 17.1 Å². The van der Waals surface area contributed by atoms with Gasteiger partial charge in [-0.3, -0.25) is 4.79 Å². The molecule has 28 heavy (non-hydrogen) atoms. The number of para-hydroxylation sites is 1. The number of carbonyl (C=O) groups excluding carboxylic acids is 1. The summed E-state index contributed by atoms with van der Waals surface area (Å²) in [4.78, 5) is 19.2. The molecule has 0 N–H and O–H groups in total. The summed E-state index contributed by atoms with van der Waals surface area (Å²) in [6.45, 7) is 1.36. The van der Waals surface area contributed by atoms with Crippen molar-refractivity contribution in [2.24, 2.45) is 0 Å². The first-order valence-electron chi connectivity index (χ1n) is 9.34. The third-order valence-electron chi connectivity index (χ3n) is 5.33. The van der Waals surface area contributed by atoms with Gasteiger partial charge in [-0.15, -0.1) is 0 Å². The van der Waals surface area contributed by atoms with Gasteiger partial charge in [0.2, 0.25) is 5.91 Å². The molecule has 2 aromatic heterocycles. The van der Waals surface area contributed by atoms with E-state index >= 15 is 0 Å². The summed E-state index contributed by atoms with van der Waals surface area (Å²) in [7, 11) is 0. The number of rotatable bonds is 3. The highest BCUT2D eigenvalue weighted by Crippen LogP contribution is 2.31. The standard InChI is InChI=1S/C21H18ClN3O3/c22-14-5-6-19-17(11-14)23-21(27-19)13-7-9-25(10-8-13)20(26)12-16-15-3-1-2-4-18(15)28-24-16/h1-6,11,13H,7-10,12H2. The van der Waals surface area contributed by atoms with Crippen LogP contribution in [0.15, 0.2) is 51.4 Å². The molecule has 6 nitrogen and oxygen atoms in total. The minimum Gasteiger partial charge on any atom is -0.440 e. The lowest BCUT2D eigenvalue weighted by molar-refractivity contribution is -0.131. The van der Waals surface area contributed by atoms with Gasteiger partial charge < -0.3 is 13.8 Å². The van der Waals surface area contributed by atoms with Gasteiger partial charge in [0, 0.05) is 29.4 Å². The molecule has 142 valence electrons. The van der Waals surface area contributed by atoms with Crippen molar-refractivity contribution in [2.45, 2.75) is 25.2 Å². The number of nitrogens with zero attached hydrogens (tertiary/aromatic N) is 3. The fourth-order valence-corrected chi connectivity index (χ4v) is 3.96. The second-order valence-corrected chi connectivity index (χ2v) is 7.56. The lowest BCUT2D eigenvalue weighted by Crippen LogP contribution is -2.38. The molecule has 4 aromatic rings. The molecule has 1 fully saturated rings. The molecule has 0 saturated carbocycles. The van der Waals surface area contributed by atoms with E-state index in [1.165, 1.54) is 0 Å². The second-order valence-electron chi connectivity index (χ2n) is 7.12. The average Bonchev–Trinajstić information content (AvgIpc) is 3.32. The van der Waals surface area contributed by atoms with E-state index in [-0.39, 0.29) is 18.2 Å². The Balaban J connectivity index is 1.25. The molecule has 5 rings (SSSR count). The Morgan fingerprint density at radius 3 is 2.82 bits per heavy atom. The zero-order chi connectivity index (χ0) is 19.1. The predicted molar refractivity (Wildman–Crippen MR) is 105 cm³/mol. The number of fused-ring (bicyclic) bond motifs is 2. The summed E-state index contributed by atoms with van der Waals surface area (Å²) in [6.07, 6.45) is 1.90. The summed E-state index contributed by atoms with van der Waals surface area (Å²) in [5, 5.41) is 5.61. The van der Waals surface area contributed by atoms with E-state index in [0.717, 1.165) is 35.2 Å². The van der Waals surface area contributed by atoms with E-state index in [1.54, 1.807) is 6.07 Å². The number of carbonyl (C=O) groups is 1. The summed E-state index contributed by atoms with van der Waals surface area (Å²) >= 11 is 6.02. The van der Waals surface area contributed by atoms with Crippen LogP contribution in [0.5, 0.6) is 0 Å². The van der Waals surface area contributed by atoms with Crippen LogP contribution in [0.1, 0.15) is 30.3 Å². The Kier molecular flexibility index (Phi) is 4.28. The molecule has 7 heteroatoms. The van der Waals surface area contributed by atoms with E-state index in [9.17, 15) is 4.79 Å². The molecule has 1 amide bonds. The predicted octanol–water partition coefficient (Wildman–Crippen LogP) is 4.57. The molecule has 1 saturated heterocycles. The van der Waals surface area contributed by atoms with Crippen molar-refractivity contribution >= 4 is 39.6 Å². The van der Waals surface area contributed by atoms with Crippen LogP contribution in [-0.2, 0) is 11.2 Å². The smallest absolute Gasteiger partial charge is 0.228 e. The number of benzene rings is 2. The van der Waals surface area contributed by atoms with E-state index in [2.05, 4.69) is 10.1 Å². The number of hydrogen-bond acceptors (Lipinski definition) is 5. The molecule has 0 spiro atoms. The maximum Gasteiger partial charge on any atom is 0.228 e. The van der Waals surface area contributed by atoms with Crippen LogP contribution in [0.3, 0.4) is 0 Å². The van der Waals surface area contributed by atoms with Crippen LogP contribution in [0, 0.1) is 0 Å². The maximum atomic E-state index is 12.7. The van der Waals surface area contributed by atoms with Crippen LogP contribution in [0.2, 0.25) is 5.02 Å². The molecule has 0 bridgehead atoms. The Bertz CT molecular complexity index is 1160. The van der Waals surface area contributed by atoms with Crippen LogP contribution in [-0.4, -0.2) is 34.0 Å². The van der Waals surface area contributed by atoms with Crippen LogP contribution in [0.4, 0.5) is 0 Å². The average molecular weight is 396 g/mol. The van der Waals surface area contributed by atoms with E-state index in [4.69, 9.17) is 20.5 Å². The zero-order valence-corrected chi connectivity index (χ0v) is 15.9. The molecule has 1 aliphatic heterocycles. The molecule has 0 atom stereocenters. The minimum atomic E-state index is 0.0712. The molecule has 0 radical (unpaired) electrons. The van der Waals surface area contributed by atoms with E-state index < -0.39 is 0 Å². The number of likely N-dealkylation sites (tertiary alicyclic amines) is 1. The summed E-state index contributed by atoms with van der Waals surface area (Å²) in [6, 6.07) is 13.1. The van der Waals surface area contributed by atoms with Crippen LogP contribution < -0.4 is 0 Å². The van der Waals surface area contributed by atoms with Gasteiger partial charge in [-0.05, 0) is 43.2 Å². The Labute approximate surface area is 166 Å². The van der Waals surface area contributed by atoms with Crippen molar-refractivity contribution in [3.63, 3.8) is 0 Å². The highest BCUT2D eigenvalue weighted by atomic mass is 35.5. The number of halogens is 1. The lowest BCUT2D eigenvalue weighted by Gasteiger charge is -2.30. The molecule has 3 heterocycles. The van der Waals surface area contributed by atoms with Gasteiger partial charge >= 0.3 is 0 Å². The third-order valence-corrected chi connectivity index (χ3v) is 5.57. The summed E-state index contributed by atoms with van der Waals surface area (Å²) in [5.41, 5.74) is 2.92. The molecular weight excluding hydrogens is 378 g/mol. The van der Waals surface area contributed by atoms with Gasteiger partial charge in [0.05, 0.1) is 6.42 Å². The first-order chi connectivity index (χ1) is 13.7. The number of oxazole rings is 1. The van der Waals surface area contributed by atoms with Crippen molar-refractivity contribution < 1.29 is 13.7 Å². The lowest BCUT2D eigenvalue weighted by atomic mass is 9.96. The molecular formula is C21H18ClN3O3. The first kappa shape index (κ1) is 17.3.